The van der Waals surface area contributed by atoms with Gasteiger partial charge in [-0.25, -0.2) is 4.79 Å². The van der Waals surface area contributed by atoms with E-state index in [1.165, 1.54) is 13.4 Å². The Morgan fingerprint density at radius 3 is 2.44 bits per heavy atom. The van der Waals surface area contributed by atoms with Gasteiger partial charge in [0.25, 0.3) is 0 Å². The Balaban J connectivity index is 1.87. The summed E-state index contributed by atoms with van der Waals surface area (Å²) in [5.41, 5.74) is 0. The molecular formula is C18H20O7. The van der Waals surface area contributed by atoms with Crippen LogP contribution in [0.2, 0.25) is 0 Å². The fourth-order valence-electron chi connectivity index (χ4n) is 2.71. The second-order valence-corrected chi connectivity index (χ2v) is 5.59. The normalized spacial score (nSPS) is 19.2. The highest BCUT2D eigenvalue weighted by Crippen LogP contribution is 2.32. The van der Waals surface area contributed by atoms with Crippen LogP contribution in [0.3, 0.4) is 0 Å². The van der Waals surface area contributed by atoms with Crippen molar-refractivity contribution in [1.82, 2.24) is 0 Å². The van der Waals surface area contributed by atoms with Crippen LogP contribution in [-0.4, -0.2) is 31.6 Å². The summed E-state index contributed by atoms with van der Waals surface area (Å²) in [6.45, 7) is -0.187. The van der Waals surface area contributed by atoms with Crippen LogP contribution < -0.4 is 0 Å². The maximum atomic E-state index is 12.3. The molecule has 0 radical (unpaired) electrons. The van der Waals surface area contributed by atoms with Gasteiger partial charge in [-0.2, -0.15) is 0 Å². The van der Waals surface area contributed by atoms with Crippen LogP contribution in [0.5, 0.6) is 0 Å². The quantitative estimate of drug-likeness (QED) is 0.347. The highest BCUT2D eigenvalue weighted by Gasteiger charge is 2.37. The molecule has 1 fully saturated rings. The van der Waals surface area contributed by atoms with E-state index in [1.807, 2.05) is 0 Å². The SMILES string of the molecule is COC(=O)C#CCOC(=O)[C@H]1CCCC[C@H]1C(=O)OCc1ccco1. The molecule has 0 aromatic carbocycles. The maximum absolute atomic E-state index is 12.3. The van der Waals surface area contributed by atoms with E-state index >= 15 is 0 Å². The highest BCUT2D eigenvalue weighted by molar-refractivity contribution is 5.88. The summed E-state index contributed by atoms with van der Waals surface area (Å²) in [5, 5.41) is 0. The number of rotatable bonds is 5. The summed E-state index contributed by atoms with van der Waals surface area (Å²) in [5.74, 6) is 2.38. The number of hydrogen-bond acceptors (Lipinski definition) is 7. The largest absolute Gasteiger partial charge is 0.466 e. The molecule has 2 atom stereocenters. The molecule has 0 saturated heterocycles. The van der Waals surface area contributed by atoms with Gasteiger partial charge in [0, 0.05) is 5.92 Å². The van der Waals surface area contributed by atoms with Gasteiger partial charge in [0.1, 0.15) is 12.4 Å². The Kier molecular flexibility index (Phi) is 7.08. The smallest absolute Gasteiger partial charge is 0.384 e. The Morgan fingerprint density at radius 1 is 1.16 bits per heavy atom. The second-order valence-electron chi connectivity index (χ2n) is 5.59. The molecule has 7 nitrogen and oxygen atoms in total. The minimum atomic E-state index is -0.701. The van der Waals surface area contributed by atoms with E-state index in [2.05, 4.69) is 16.6 Å². The lowest BCUT2D eigenvalue weighted by atomic mass is 9.79. The fraction of sp³-hybridized carbons (Fsp3) is 0.500. The second kappa shape index (κ2) is 9.52. The van der Waals surface area contributed by atoms with Gasteiger partial charge < -0.3 is 18.6 Å². The van der Waals surface area contributed by atoms with Crippen LogP contribution in [0.4, 0.5) is 0 Å². The highest BCUT2D eigenvalue weighted by atomic mass is 16.5. The van der Waals surface area contributed by atoms with Crippen LogP contribution in [0.25, 0.3) is 0 Å². The average Bonchev–Trinajstić information content (AvgIpc) is 3.16. The number of carbonyl (C=O) groups excluding carboxylic acids is 3. The van der Waals surface area contributed by atoms with Crippen molar-refractivity contribution in [2.24, 2.45) is 11.8 Å². The topological polar surface area (TPSA) is 92.0 Å². The zero-order valence-corrected chi connectivity index (χ0v) is 14.0. The first-order valence-electron chi connectivity index (χ1n) is 8.04. The molecule has 1 aromatic heterocycles. The maximum Gasteiger partial charge on any atom is 0.384 e. The summed E-state index contributed by atoms with van der Waals surface area (Å²) in [7, 11) is 1.21. The van der Waals surface area contributed by atoms with E-state index in [0.29, 0.717) is 18.6 Å². The Hall–Kier alpha value is -2.75. The fourth-order valence-corrected chi connectivity index (χ4v) is 2.71. The van der Waals surface area contributed by atoms with E-state index in [4.69, 9.17) is 13.9 Å². The zero-order chi connectivity index (χ0) is 18.1. The van der Waals surface area contributed by atoms with Crippen molar-refractivity contribution in [3.05, 3.63) is 24.2 Å². The van der Waals surface area contributed by atoms with E-state index in [0.717, 1.165) is 12.8 Å². The number of methoxy groups -OCH3 is 1. The van der Waals surface area contributed by atoms with E-state index in [-0.39, 0.29) is 13.2 Å². The van der Waals surface area contributed by atoms with Crippen molar-refractivity contribution in [1.29, 1.82) is 0 Å². The molecule has 1 saturated carbocycles. The van der Waals surface area contributed by atoms with Crippen molar-refractivity contribution in [3.63, 3.8) is 0 Å². The van der Waals surface area contributed by atoms with Crippen LogP contribution in [0.1, 0.15) is 31.4 Å². The van der Waals surface area contributed by atoms with E-state index in [9.17, 15) is 14.4 Å². The summed E-state index contributed by atoms with van der Waals surface area (Å²) < 4.78 is 19.8. The van der Waals surface area contributed by atoms with E-state index < -0.39 is 29.7 Å². The molecule has 25 heavy (non-hydrogen) atoms. The van der Waals surface area contributed by atoms with Gasteiger partial charge in [0.15, 0.2) is 6.61 Å². The van der Waals surface area contributed by atoms with Gasteiger partial charge in [-0.15, -0.1) is 0 Å². The lowest BCUT2D eigenvalue weighted by Gasteiger charge is -2.27. The molecule has 0 unspecified atom stereocenters. The number of carbonyl (C=O) groups is 3. The third-order valence-electron chi connectivity index (χ3n) is 3.97. The summed E-state index contributed by atoms with van der Waals surface area (Å²) in [6.07, 6.45) is 4.33. The van der Waals surface area contributed by atoms with E-state index in [1.54, 1.807) is 12.1 Å². The minimum Gasteiger partial charge on any atom is -0.466 e. The third kappa shape index (κ3) is 5.68. The minimum absolute atomic E-state index is 0.0364. The van der Waals surface area contributed by atoms with Gasteiger partial charge in [-0.05, 0) is 30.9 Å². The predicted molar refractivity (Wildman–Crippen MR) is 84.7 cm³/mol. The molecule has 134 valence electrons. The number of ether oxygens (including phenoxy) is 3. The van der Waals surface area contributed by atoms with Crippen molar-refractivity contribution in [3.8, 4) is 11.8 Å². The third-order valence-corrected chi connectivity index (χ3v) is 3.97. The number of furan rings is 1. The van der Waals surface area contributed by atoms with Gasteiger partial charge >= 0.3 is 17.9 Å². The van der Waals surface area contributed by atoms with Crippen molar-refractivity contribution < 1.29 is 33.0 Å². The van der Waals surface area contributed by atoms with Gasteiger partial charge in [0.05, 0.1) is 25.2 Å². The monoisotopic (exact) mass is 348 g/mol. The molecule has 1 aliphatic carbocycles. The Morgan fingerprint density at radius 2 is 1.84 bits per heavy atom. The summed E-state index contributed by atoms with van der Waals surface area (Å²) >= 11 is 0. The molecule has 1 aliphatic rings. The first-order valence-corrected chi connectivity index (χ1v) is 8.04. The molecule has 7 heteroatoms. The lowest BCUT2D eigenvalue weighted by molar-refractivity contribution is -0.163. The number of hydrogen-bond donors (Lipinski definition) is 0. The summed E-state index contributed by atoms with van der Waals surface area (Å²) in [6, 6.07) is 3.42. The van der Waals surface area contributed by atoms with Gasteiger partial charge in [-0.3, -0.25) is 9.59 Å². The van der Waals surface area contributed by atoms with Crippen LogP contribution in [0, 0.1) is 23.7 Å². The summed E-state index contributed by atoms with van der Waals surface area (Å²) in [4.78, 5) is 35.4. The molecule has 0 amide bonds. The molecule has 0 aliphatic heterocycles. The van der Waals surface area contributed by atoms with Crippen LogP contribution in [-0.2, 0) is 35.2 Å². The van der Waals surface area contributed by atoms with Crippen molar-refractivity contribution in [2.45, 2.75) is 32.3 Å². The standard InChI is InChI=1S/C18H20O7/c1-22-16(19)9-5-11-24-17(20)14-7-2-3-8-15(14)18(21)25-12-13-6-4-10-23-13/h4,6,10,14-15H,2-3,7-8,11-12H2,1H3/t14-,15+/m0/s1. The van der Waals surface area contributed by atoms with Crippen molar-refractivity contribution in [2.75, 3.05) is 13.7 Å². The Bertz CT molecular complexity index is 651. The first kappa shape index (κ1) is 18.6. The van der Waals surface area contributed by atoms with Crippen LogP contribution >= 0.6 is 0 Å². The molecule has 2 rings (SSSR count). The average molecular weight is 348 g/mol. The number of esters is 3. The Labute approximate surface area is 145 Å². The zero-order valence-electron chi connectivity index (χ0n) is 14.0. The van der Waals surface area contributed by atoms with Crippen LogP contribution in [0.15, 0.2) is 22.8 Å². The first-order chi connectivity index (χ1) is 12.1. The van der Waals surface area contributed by atoms with Gasteiger partial charge in [-0.1, -0.05) is 12.8 Å². The molecule has 0 N–H and O–H groups in total. The molecule has 0 spiro atoms. The van der Waals surface area contributed by atoms with Crippen molar-refractivity contribution >= 4 is 17.9 Å². The molecule has 1 aromatic rings. The molecule has 0 bridgehead atoms. The molecular weight excluding hydrogens is 328 g/mol. The lowest BCUT2D eigenvalue weighted by Crippen LogP contribution is -2.35. The molecule has 1 heterocycles. The van der Waals surface area contributed by atoms with Gasteiger partial charge in [0.2, 0.25) is 0 Å². The predicted octanol–water partition coefficient (Wildman–Crippen LogP) is 1.85.